The Labute approximate surface area is 235 Å². The maximum absolute atomic E-state index is 13.7. The van der Waals surface area contributed by atoms with Gasteiger partial charge in [0, 0.05) is 22.5 Å². The Morgan fingerprint density at radius 2 is 1.77 bits per heavy atom. The first-order chi connectivity index (χ1) is 19.2. The van der Waals surface area contributed by atoms with Crippen LogP contribution >= 0.6 is 23.5 Å². The molecule has 0 bridgehead atoms. The summed E-state index contributed by atoms with van der Waals surface area (Å²) in [4.78, 5) is 17.7. The molecule has 2 aliphatic heterocycles. The molecular formula is C29H28N4O4S2. The molecule has 4 aromatic rings. The van der Waals surface area contributed by atoms with Gasteiger partial charge in [0.15, 0.2) is 11.0 Å². The number of anilines is 2. The van der Waals surface area contributed by atoms with E-state index in [1.54, 1.807) is 18.9 Å². The van der Waals surface area contributed by atoms with Gasteiger partial charge in [0.25, 0.3) is 0 Å². The molecule has 0 N–H and O–H groups in total. The zero-order valence-corrected chi connectivity index (χ0v) is 23.1. The van der Waals surface area contributed by atoms with Crippen LogP contribution in [0.2, 0.25) is 0 Å². The molecule has 1 amide bonds. The summed E-state index contributed by atoms with van der Waals surface area (Å²) in [5, 5.41) is 9.56. The van der Waals surface area contributed by atoms with E-state index in [9.17, 15) is 4.79 Å². The average molecular weight is 561 g/mol. The predicted octanol–water partition coefficient (Wildman–Crippen LogP) is 5.97. The van der Waals surface area contributed by atoms with Crippen molar-refractivity contribution in [3.63, 3.8) is 0 Å². The number of thioether (sulfide) groups is 1. The van der Waals surface area contributed by atoms with E-state index in [-0.39, 0.29) is 24.4 Å². The number of aromatic nitrogens is 3. The number of hydrogen-bond donors (Lipinski definition) is 0. The van der Waals surface area contributed by atoms with Crippen LogP contribution in [0.4, 0.5) is 11.4 Å². The van der Waals surface area contributed by atoms with Gasteiger partial charge in [0.1, 0.15) is 18.1 Å². The highest BCUT2D eigenvalue weighted by Crippen LogP contribution is 2.48. The fourth-order valence-electron chi connectivity index (χ4n) is 4.71. The number of ether oxygens (including phenoxy) is 3. The van der Waals surface area contributed by atoms with E-state index >= 15 is 0 Å². The highest BCUT2D eigenvalue weighted by atomic mass is 32.2. The van der Waals surface area contributed by atoms with E-state index in [0.29, 0.717) is 23.3 Å². The van der Waals surface area contributed by atoms with E-state index < -0.39 is 0 Å². The molecule has 1 saturated heterocycles. The second kappa shape index (κ2) is 11.7. The van der Waals surface area contributed by atoms with Gasteiger partial charge in [-0.05, 0) is 49.2 Å². The third kappa shape index (κ3) is 5.63. The van der Waals surface area contributed by atoms with Gasteiger partial charge < -0.3 is 18.8 Å². The van der Waals surface area contributed by atoms with Crippen LogP contribution in [0.25, 0.3) is 0 Å². The fourth-order valence-corrected chi connectivity index (χ4v) is 6.58. The van der Waals surface area contributed by atoms with Gasteiger partial charge in [0.2, 0.25) is 5.91 Å². The molecule has 0 unspecified atom stereocenters. The number of carbonyl (C=O) groups is 1. The summed E-state index contributed by atoms with van der Waals surface area (Å²) in [6.45, 7) is 1.62. The van der Waals surface area contributed by atoms with E-state index in [1.165, 1.54) is 11.8 Å². The summed E-state index contributed by atoms with van der Waals surface area (Å²) in [5.74, 6) is 2.30. The van der Waals surface area contributed by atoms with Crippen molar-refractivity contribution in [3.05, 3.63) is 78.6 Å². The smallest absolute Gasteiger partial charge is 0.242 e. The molecule has 39 heavy (non-hydrogen) atoms. The molecule has 0 radical (unpaired) electrons. The highest BCUT2D eigenvalue weighted by molar-refractivity contribution is 8.00. The minimum absolute atomic E-state index is 0.0129. The van der Waals surface area contributed by atoms with E-state index in [1.807, 2.05) is 70.1 Å². The average Bonchev–Trinajstić information content (AvgIpc) is 3.63. The van der Waals surface area contributed by atoms with Gasteiger partial charge in [-0.3, -0.25) is 9.69 Å². The third-order valence-electron chi connectivity index (χ3n) is 6.62. The third-order valence-corrected chi connectivity index (χ3v) is 8.70. The normalized spacial score (nSPS) is 16.0. The zero-order chi connectivity index (χ0) is 26.6. The van der Waals surface area contributed by atoms with Crippen LogP contribution in [0.1, 0.15) is 18.7 Å². The molecule has 6 rings (SSSR count). The first kappa shape index (κ1) is 25.8. The lowest BCUT2D eigenvalue weighted by atomic mass is 10.2. The number of para-hydroxylation sites is 2. The molecule has 1 atom stereocenters. The van der Waals surface area contributed by atoms with Crippen LogP contribution in [0.3, 0.4) is 0 Å². The minimum atomic E-state index is -0.0129. The molecular weight excluding hydrogens is 532 g/mol. The Hall–Kier alpha value is -3.47. The van der Waals surface area contributed by atoms with Crippen LogP contribution < -0.4 is 14.4 Å². The molecule has 1 aromatic heterocycles. The number of methoxy groups -OCH3 is 1. The number of benzene rings is 3. The number of carbonyl (C=O) groups excluding carboxylic acids is 1. The van der Waals surface area contributed by atoms with Crippen molar-refractivity contribution >= 4 is 40.8 Å². The van der Waals surface area contributed by atoms with Crippen molar-refractivity contribution in [1.29, 1.82) is 0 Å². The Morgan fingerprint density at radius 3 is 2.49 bits per heavy atom. The van der Waals surface area contributed by atoms with E-state index in [4.69, 9.17) is 14.2 Å². The van der Waals surface area contributed by atoms with Crippen LogP contribution in [-0.2, 0) is 22.7 Å². The first-order valence-corrected chi connectivity index (χ1v) is 14.6. The van der Waals surface area contributed by atoms with Crippen molar-refractivity contribution in [2.75, 3.05) is 24.4 Å². The lowest BCUT2D eigenvalue weighted by Gasteiger charge is -2.31. The van der Waals surface area contributed by atoms with Crippen molar-refractivity contribution in [3.8, 4) is 11.5 Å². The topological polar surface area (TPSA) is 78.7 Å². The molecule has 0 aliphatic carbocycles. The Morgan fingerprint density at radius 1 is 1.03 bits per heavy atom. The van der Waals surface area contributed by atoms with Gasteiger partial charge in [0.05, 0.1) is 36.9 Å². The van der Waals surface area contributed by atoms with Crippen molar-refractivity contribution in [2.45, 2.75) is 47.0 Å². The van der Waals surface area contributed by atoms with Crippen molar-refractivity contribution in [2.24, 2.45) is 0 Å². The van der Waals surface area contributed by atoms with Crippen LogP contribution in [-0.4, -0.2) is 46.2 Å². The van der Waals surface area contributed by atoms with E-state index in [0.717, 1.165) is 46.4 Å². The maximum atomic E-state index is 13.7. The van der Waals surface area contributed by atoms with Crippen LogP contribution in [0.5, 0.6) is 11.5 Å². The van der Waals surface area contributed by atoms with E-state index in [2.05, 4.69) is 22.3 Å². The summed E-state index contributed by atoms with van der Waals surface area (Å²) >= 11 is 3.07. The molecule has 3 aromatic carbocycles. The predicted molar refractivity (Wildman–Crippen MR) is 151 cm³/mol. The lowest BCUT2D eigenvalue weighted by molar-refractivity contribution is -0.115. The molecule has 2 aliphatic rings. The number of fused-ring (bicyclic) bond motifs is 2. The SMILES string of the molecule is COc1cccc(OCc2nnc(SCC(=O)N3c4ccccc4Sc4ccccc43)n2C[C@H]2CCCO2)c1. The largest absolute Gasteiger partial charge is 0.497 e. The Bertz CT molecular complexity index is 1430. The molecule has 3 heterocycles. The second-order valence-electron chi connectivity index (χ2n) is 9.17. The van der Waals surface area contributed by atoms with Gasteiger partial charge in [-0.2, -0.15) is 0 Å². The Kier molecular flexibility index (Phi) is 7.76. The Balaban J connectivity index is 1.21. The number of nitrogens with zero attached hydrogens (tertiary/aromatic N) is 4. The fraction of sp³-hybridized carbons (Fsp3) is 0.276. The van der Waals surface area contributed by atoms with Gasteiger partial charge in [-0.1, -0.05) is 53.9 Å². The quantitative estimate of drug-likeness (QED) is 0.232. The molecule has 10 heteroatoms. The van der Waals surface area contributed by atoms with Crippen molar-refractivity contribution < 1.29 is 19.0 Å². The monoisotopic (exact) mass is 560 g/mol. The summed E-state index contributed by atoms with van der Waals surface area (Å²) in [5.41, 5.74) is 1.81. The number of hydrogen-bond acceptors (Lipinski definition) is 8. The first-order valence-electron chi connectivity index (χ1n) is 12.8. The van der Waals surface area contributed by atoms with Crippen molar-refractivity contribution in [1.82, 2.24) is 14.8 Å². The molecule has 200 valence electrons. The summed E-state index contributed by atoms with van der Waals surface area (Å²) < 4.78 is 19.3. The zero-order valence-electron chi connectivity index (χ0n) is 21.5. The molecule has 0 saturated carbocycles. The molecule has 8 nitrogen and oxygen atoms in total. The molecule has 1 fully saturated rings. The lowest BCUT2D eigenvalue weighted by Crippen LogP contribution is -2.30. The molecule has 0 spiro atoms. The highest BCUT2D eigenvalue weighted by Gasteiger charge is 2.29. The maximum Gasteiger partial charge on any atom is 0.242 e. The standard InChI is InChI=1S/C29H28N4O4S2/c1-35-20-8-6-9-21(16-20)37-18-27-30-31-29(32(27)17-22-10-7-15-36-22)38-19-28(34)33-23-11-2-4-13-25(23)39-26-14-5-3-12-24(26)33/h2-6,8-9,11-14,16,22H,7,10,15,17-19H2,1H3/t22-/m1/s1. The van der Waals surface area contributed by atoms with Gasteiger partial charge in [-0.25, -0.2) is 0 Å². The van der Waals surface area contributed by atoms with Gasteiger partial charge in [-0.15, -0.1) is 10.2 Å². The summed E-state index contributed by atoms with van der Waals surface area (Å²) in [6.07, 6.45) is 2.11. The van der Waals surface area contributed by atoms with Crippen LogP contribution in [0, 0.1) is 0 Å². The number of rotatable bonds is 9. The second-order valence-corrected chi connectivity index (χ2v) is 11.2. The van der Waals surface area contributed by atoms with Crippen LogP contribution in [0.15, 0.2) is 87.7 Å². The summed E-state index contributed by atoms with van der Waals surface area (Å²) in [7, 11) is 1.63. The number of amides is 1. The minimum Gasteiger partial charge on any atom is -0.497 e. The summed E-state index contributed by atoms with van der Waals surface area (Å²) in [6, 6.07) is 23.5. The van der Waals surface area contributed by atoms with Gasteiger partial charge >= 0.3 is 0 Å².